The van der Waals surface area contributed by atoms with E-state index in [4.69, 9.17) is 0 Å². The van der Waals surface area contributed by atoms with Crippen molar-refractivity contribution >= 4 is 5.91 Å². The van der Waals surface area contributed by atoms with E-state index in [1.165, 1.54) is 11.6 Å². The molecule has 0 saturated heterocycles. The van der Waals surface area contributed by atoms with Crippen LogP contribution in [0, 0.1) is 0 Å². The molecule has 3 aromatic carbocycles. The number of aromatic hydroxyl groups is 1. The summed E-state index contributed by atoms with van der Waals surface area (Å²) in [7, 11) is 0. The lowest BCUT2D eigenvalue weighted by atomic mass is 10.0. The van der Waals surface area contributed by atoms with Gasteiger partial charge in [-0.2, -0.15) is 0 Å². The normalized spacial score (nSPS) is 12.8. The third kappa shape index (κ3) is 7.43. The van der Waals surface area contributed by atoms with Crippen LogP contribution in [0.1, 0.15) is 45.6 Å². The number of carbonyl (C=O) groups is 1. The minimum atomic E-state index is -0.764. The molecule has 0 bridgehead atoms. The van der Waals surface area contributed by atoms with E-state index in [-0.39, 0.29) is 24.3 Å². The number of hydrogen-bond acceptors (Lipinski definition) is 5. The molecule has 0 fully saturated rings. The molecule has 0 aromatic heterocycles. The minimum Gasteiger partial charge on any atom is -0.508 e. The van der Waals surface area contributed by atoms with Crippen LogP contribution in [0.15, 0.2) is 72.8 Å². The fourth-order valence-electron chi connectivity index (χ4n) is 3.70. The summed E-state index contributed by atoms with van der Waals surface area (Å²) in [5, 5.41) is 35.7. The smallest absolute Gasteiger partial charge is 0.251 e. The fourth-order valence-corrected chi connectivity index (χ4v) is 3.70. The Balaban J connectivity index is 1.48. The number of amides is 1. The van der Waals surface area contributed by atoms with Gasteiger partial charge in [0.05, 0.1) is 12.7 Å². The van der Waals surface area contributed by atoms with Crippen LogP contribution in [0.3, 0.4) is 0 Å². The van der Waals surface area contributed by atoms with Crippen LogP contribution in [0.25, 0.3) is 0 Å². The number of phenols is 1. The molecule has 6 heteroatoms. The summed E-state index contributed by atoms with van der Waals surface area (Å²) >= 11 is 0. The second-order valence-corrected chi connectivity index (χ2v) is 8.27. The molecule has 33 heavy (non-hydrogen) atoms. The molecule has 0 aliphatic heterocycles. The molecule has 6 nitrogen and oxygen atoms in total. The second-order valence-electron chi connectivity index (χ2n) is 8.27. The van der Waals surface area contributed by atoms with Gasteiger partial charge in [-0.05, 0) is 60.7 Å². The van der Waals surface area contributed by atoms with Gasteiger partial charge >= 0.3 is 0 Å². The summed E-state index contributed by atoms with van der Waals surface area (Å²) in [6.07, 6.45) is 0.728. The van der Waals surface area contributed by atoms with Gasteiger partial charge in [0.15, 0.2) is 0 Å². The quantitative estimate of drug-likeness (QED) is 0.310. The lowest BCUT2D eigenvalue weighted by Gasteiger charge is -2.18. The summed E-state index contributed by atoms with van der Waals surface area (Å²) in [6, 6.07) is 22.4. The molecule has 5 N–H and O–H groups in total. The van der Waals surface area contributed by atoms with E-state index < -0.39 is 6.10 Å². The maximum Gasteiger partial charge on any atom is 0.251 e. The zero-order valence-corrected chi connectivity index (χ0v) is 18.9. The number of benzene rings is 3. The maximum absolute atomic E-state index is 12.5. The Kier molecular flexibility index (Phi) is 9.01. The average Bonchev–Trinajstić information content (AvgIpc) is 2.83. The first-order valence-corrected chi connectivity index (χ1v) is 11.2. The van der Waals surface area contributed by atoms with E-state index in [2.05, 4.69) is 10.6 Å². The zero-order chi connectivity index (χ0) is 23.6. The molecule has 2 atom stereocenters. The predicted octanol–water partition coefficient (Wildman–Crippen LogP) is 3.11. The van der Waals surface area contributed by atoms with Crippen molar-refractivity contribution in [2.75, 3.05) is 13.1 Å². The van der Waals surface area contributed by atoms with Crippen molar-refractivity contribution in [3.05, 3.63) is 101 Å². The molecule has 0 unspecified atom stereocenters. The van der Waals surface area contributed by atoms with Crippen molar-refractivity contribution < 1.29 is 20.1 Å². The molecule has 0 spiro atoms. The van der Waals surface area contributed by atoms with Gasteiger partial charge in [-0.1, -0.05) is 48.5 Å². The van der Waals surface area contributed by atoms with Crippen LogP contribution in [-0.2, 0) is 19.4 Å². The largest absolute Gasteiger partial charge is 0.508 e. The summed E-state index contributed by atoms with van der Waals surface area (Å²) in [4.78, 5) is 12.5. The Morgan fingerprint density at radius 3 is 2.48 bits per heavy atom. The number of aliphatic hydroxyl groups is 2. The Morgan fingerprint density at radius 2 is 1.73 bits per heavy atom. The highest BCUT2D eigenvalue weighted by Crippen LogP contribution is 2.22. The second kappa shape index (κ2) is 12.2. The number of aliphatic hydroxyl groups excluding tert-OH is 2. The van der Waals surface area contributed by atoms with E-state index in [0.717, 1.165) is 12.0 Å². The van der Waals surface area contributed by atoms with Gasteiger partial charge < -0.3 is 26.0 Å². The zero-order valence-electron chi connectivity index (χ0n) is 18.9. The molecular formula is C27H32N2O4. The molecule has 174 valence electrons. The predicted molar refractivity (Wildman–Crippen MR) is 129 cm³/mol. The molecule has 0 radical (unpaired) electrons. The Labute approximate surface area is 194 Å². The van der Waals surface area contributed by atoms with Crippen molar-refractivity contribution in [3.63, 3.8) is 0 Å². The van der Waals surface area contributed by atoms with Crippen molar-refractivity contribution in [1.29, 1.82) is 0 Å². The molecule has 3 aromatic rings. The van der Waals surface area contributed by atoms with Crippen molar-refractivity contribution in [2.24, 2.45) is 0 Å². The topological polar surface area (TPSA) is 102 Å². The van der Waals surface area contributed by atoms with Gasteiger partial charge in [0.25, 0.3) is 5.91 Å². The summed E-state index contributed by atoms with van der Waals surface area (Å²) in [5.74, 6) is -0.0744. The van der Waals surface area contributed by atoms with E-state index in [1.54, 1.807) is 12.1 Å². The lowest BCUT2D eigenvalue weighted by Crippen LogP contribution is -2.32. The Morgan fingerprint density at radius 1 is 0.970 bits per heavy atom. The van der Waals surface area contributed by atoms with Crippen molar-refractivity contribution in [3.8, 4) is 5.75 Å². The van der Waals surface area contributed by atoms with Gasteiger partial charge in [-0.15, -0.1) is 0 Å². The summed E-state index contributed by atoms with van der Waals surface area (Å²) < 4.78 is 0. The molecule has 0 aliphatic rings. The van der Waals surface area contributed by atoms with E-state index >= 15 is 0 Å². The first kappa shape index (κ1) is 24.5. The fraction of sp³-hybridized carbons (Fsp3) is 0.296. The highest BCUT2D eigenvalue weighted by Gasteiger charge is 2.13. The standard InChI is InChI=1S/C27H32N2O4/c1-19(29-17-26(32)22-10-11-25(31)24(16-22)18-30)14-21-8-5-9-23(15-21)27(33)28-13-12-20-6-3-2-4-7-20/h2-11,15-16,19,26,29-32H,12-14,17-18H2,1H3,(H,28,33)/t19-,26+/m1/s1. The van der Waals surface area contributed by atoms with Gasteiger partial charge in [-0.25, -0.2) is 0 Å². The monoisotopic (exact) mass is 448 g/mol. The summed E-state index contributed by atoms with van der Waals surface area (Å²) in [6.45, 7) is 2.65. The van der Waals surface area contributed by atoms with E-state index in [1.807, 2.05) is 61.5 Å². The van der Waals surface area contributed by atoms with Crippen LogP contribution >= 0.6 is 0 Å². The van der Waals surface area contributed by atoms with Crippen LogP contribution in [0.4, 0.5) is 0 Å². The molecular weight excluding hydrogens is 416 g/mol. The highest BCUT2D eigenvalue weighted by atomic mass is 16.3. The van der Waals surface area contributed by atoms with Crippen LogP contribution in [0.5, 0.6) is 5.75 Å². The van der Waals surface area contributed by atoms with Gasteiger partial charge in [0.2, 0.25) is 0 Å². The summed E-state index contributed by atoms with van der Waals surface area (Å²) in [5.41, 5.74) is 3.87. The number of nitrogens with one attached hydrogen (secondary N) is 2. The third-order valence-electron chi connectivity index (χ3n) is 5.59. The van der Waals surface area contributed by atoms with E-state index in [0.29, 0.717) is 36.2 Å². The molecule has 0 aliphatic carbocycles. The number of carbonyl (C=O) groups excluding carboxylic acids is 1. The van der Waals surface area contributed by atoms with Crippen molar-refractivity contribution in [1.82, 2.24) is 10.6 Å². The maximum atomic E-state index is 12.5. The van der Waals surface area contributed by atoms with Gasteiger partial charge in [-0.3, -0.25) is 4.79 Å². The average molecular weight is 449 g/mol. The van der Waals surface area contributed by atoms with Crippen molar-refractivity contribution in [2.45, 2.75) is 38.5 Å². The van der Waals surface area contributed by atoms with Crippen LogP contribution in [0.2, 0.25) is 0 Å². The van der Waals surface area contributed by atoms with E-state index in [9.17, 15) is 20.1 Å². The molecule has 3 rings (SSSR count). The Hall–Kier alpha value is -3.19. The Bertz CT molecular complexity index is 1040. The van der Waals surface area contributed by atoms with Crippen LogP contribution < -0.4 is 10.6 Å². The molecule has 1 amide bonds. The highest BCUT2D eigenvalue weighted by molar-refractivity contribution is 5.94. The number of hydrogen-bond donors (Lipinski definition) is 5. The molecule has 0 saturated carbocycles. The SMILES string of the molecule is C[C@H](Cc1cccc(C(=O)NCCc2ccccc2)c1)NC[C@H](O)c1ccc(O)c(CO)c1. The first-order valence-electron chi connectivity index (χ1n) is 11.2. The third-order valence-corrected chi connectivity index (χ3v) is 5.59. The number of rotatable bonds is 11. The first-order chi connectivity index (χ1) is 16.0. The van der Waals surface area contributed by atoms with Crippen LogP contribution in [-0.4, -0.2) is 40.4 Å². The molecule has 0 heterocycles. The van der Waals surface area contributed by atoms with Gasteiger partial charge in [0.1, 0.15) is 5.75 Å². The van der Waals surface area contributed by atoms with Gasteiger partial charge in [0, 0.05) is 30.3 Å². The minimum absolute atomic E-state index is 0.0127. The lowest BCUT2D eigenvalue weighted by molar-refractivity contribution is 0.0954.